The quantitative estimate of drug-likeness (QED) is 0.852. The monoisotopic (exact) mass is 352 g/mol. The van der Waals surface area contributed by atoms with Gasteiger partial charge in [-0.15, -0.1) is 0 Å². The molecule has 1 heterocycles. The van der Waals surface area contributed by atoms with Crippen LogP contribution >= 0.6 is 15.9 Å². The molecule has 3 rings (SSSR count). The van der Waals surface area contributed by atoms with E-state index in [1.807, 2.05) is 6.07 Å². The Balaban J connectivity index is 1.73. The molecule has 21 heavy (non-hydrogen) atoms. The van der Waals surface area contributed by atoms with Gasteiger partial charge in [-0.25, -0.2) is 0 Å². The van der Waals surface area contributed by atoms with Crippen LogP contribution in [-0.4, -0.2) is 25.7 Å². The minimum atomic E-state index is 0.577. The third-order valence-electron chi connectivity index (χ3n) is 4.89. The molecule has 1 aromatic carbocycles. The summed E-state index contributed by atoms with van der Waals surface area (Å²) in [5.74, 6) is 1.66. The van der Waals surface area contributed by atoms with Gasteiger partial charge >= 0.3 is 0 Å². The Labute approximate surface area is 136 Å². The molecule has 2 aliphatic rings. The number of methoxy groups -OCH3 is 1. The molecule has 0 amide bonds. The second-order valence-electron chi connectivity index (χ2n) is 6.28. The van der Waals surface area contributed by atoms with Crippen molar-refractivity contribution in [3.05, 3.63) is 22.7 Å². The molecule has 2 N–H and O–H groups in total. The van der Waals surface area contributed by atoms with Crippen LogP contribution in [0.25, 0.3) is 0 Å². The highest BCUT2D eigenvalue weighted by atomic mass is 79.9. The molecule has 2 fully saturated rings. The lowest BCUT2D eigenvalue weighted by Gasteiger charge is -2.37. The zero-order chi connectivity index (χ0) is 14.7. The molecule has 3 nitrogen and oxygen atoms in total. The molecule has 1 aliphatic heterocycles. The normalized spacial score (nSPS) is 29.3. The van der Waals surface area contributed by atoms with Crippen molar-refractivity contribution in [3.63, 3.8) is 0 Å². The first-order chi connectivity index (χ1) is 10.3. The van der Waals surface area contributed by atoms with Crippen LogP contribution in [0.3, 0.4) is 0 Å². The predicted molar refractivity (Wildman–Crippen MR) is 91.1 cm³/mol. The molecular formula is C17H25BrN2O. The molecule has 3 atom stereocenters. The number of hydrogen-bond acceptors (Lipinski definition) is 3. The van der Waals surface area contributed by atoms with Gasteiger partial charge in [0.25, 0.3) is 0 Å². The van der Waals surface area contributed by atoms with E-state index in [1.54, 1.807) is 7.11 Å². The van der Waals surface area contributed by atoms with Crippen LogP contribution in [0.15, 0.2) is 22.7 Å². The lowest BCUT2D eigenvalue weighted by Crippen LogP contribution is -2.43. The SMILES string of the molecule is COc1cc(Br)cc(NC2CCCCC2C2CCCN2)c1. The first-order valence-corrected chi connectivity index (χ1v) is 8.90. The summed E-state index contributed by atoms with van der Waals surface area (Å²) in [6, 6.07) is 7.53. The maximum absolute atomic E-state index is 5.37. The van der Waals surface area contributed by atoms with Crippen molar-refractivity contribution in [3.8, 4) is 5.75 Å². The Kier molecular flexibility index (Phi) is 5.07. The molecule has 0 radical (unpaired) electrons. The summed E-state index contributed by atoms with van der Waals surface area (Å²) in [5.41, 5.74) is 1.16. The van der Waals surface area contributed by atoms with Gasteiger partial charge in [0, 0.05) is 28.3 Å². The van der Waals surface area contributed by atoms with Crippen molar-refractivity contribution in [2.45, 2.75) is 50.6 Å². The highest BCUT2D eigenvalue weighted by Gasteiger charge is 2.33. The van der Waals surface area contributed by atoms with Crippen LogP contribution < -0.4 is 15.4 Å². The third kappa shape index (κ3) is 3.72. The number of anilines is 1. The maximum atomic E-state index is 5.37. The molecule has 1 aliphatic carbocycles. The minimum absolute atomic E-state index is 0.577. The fraction of sp³-hybridized carbons (Fsp3) is 0.647. The second-order valence-corrected chi connectivity index (χ2v) is 7.20. The number of rotatable bonds is 4. The standard InChI is InChI=1S/C17H25BrN2O/c1-21-14-10-12(18)9-13(11-14)20-17-6-3-2-5-15(17)16-7-4-8-19-16/h9-11,15-17,19-20H,2-8H2,1H3. The minimum Gasteiger partial charge on any atom is -0.497 e. The summed E-state index contributed by atoms with van der Waals surface area (Å²) in [6.45, 7) is 1.19. The fourth-order valence-electron chi connectivity index (χ4n) is 3.88. The zero-order valence-corrected chi connectivity index (χ0v) is 14.3. The summed E-state index contributed by atoms with van der Waals surface area (Å²) in [5, 5.41) is 7.48. The zero-order valence-electron chi connectivity index (χ0n) is 12.7. The van der Waals surface area contributed by atoms with Gasteiger partial charge < -0.3 is 15.4 Å². The molecule has 1 saturated heterocycles. The molecule has 0 aromatic heterocycles. The maximum Gasteiger partial charge on any atom is 0.122 e. The molecule has 0 bridgehead atoms. The largest absolute Gasteiger partial charge is 0.497 e. The van der Waals surface area contributed by atoms with Crippen molar-refractivity contribution in [1.29, 1.82) is 0 Å². The van der Waals surface area contributed by atoms with Gasteiger partial charge in [-0.2, -0.15) is 0 Å². The Morgan fingerprint density at radius 2 is 2.00 bits per heavy atom. The first-order valence-electron chi connectivity index (χ1n) is 8.11. The Morgan fingerprint density at radius 3 is 2.76 bits per heavy atom. The van der Waals surface area contributed by atoms with Crippen molar-refractivity contribution in [2.75, 3.05) is 19.0 Å². The predicted octanol–water partition coefficient (Wildman–Crippen LogP) is 4.18. The van der Waals surface area contributed by atoms with Crippen molar-refractivity contribution >= 4 is 21.6 Å². The summed E-state index contributed by atoms with van der Waals surface area (Å²) in [4.78, 5) is 0. The van der Waals surface area contributed by atoms with Gasteiger partial charge in [-0.1, -0.05) is 28.8 Å². The lowest BCUT2D eigenvalue weighted by atomic mass is 9.79. The van der Waals surface area contributed by atoms with Gasteiger partial charge in [0.2, 0.25) is 0 Å². The van der Waals surface area contributed by atoms with E-state index in [2.05, 4.69) is 38.7 Å². The van der Waals surface area contributed by atoms with Crippen LogP contribution in [0.4, 0.5) is 5.69 Å². The van der Waals surface area contributed by atoms with E-state index < -0.39 is 0 Å². The molecule has 3 unspecified atom stereocenters. The van der Waals surface area contributed by atoms with Gasteiger partial charge in [0.05, 0.1) is 7.11 Å². The number of ether oxygens (including phenoxy) is 1. The van der Waals surface area contributed by atoms with Crippen LogP contribution in [0.2, 0.25) is 0 Å². The average Bonchev–Trinajstić information content (AvgIpc) is 3.01. The number of benzene rings is 1. The van der Waals surface area contributed by atoms with Crippen molar-refractivity contribution < 1.29 is 4.74 Å². The van der Waals surface area contributed by atoms with E-state index >= 15 is 0 Å². The van der Waals surface area contributed by atoms with E-state index in [9.17, 15) is 0 Å². The number of halogens is 1. The average molecular weight is 353 g/mol. The molecule has 0 spiro atoms. The van der Waals surface area contributed by atoms with Gasteiger partial charge in [-0.05, 0) is 50.3 Å². The van der Waals surface area contributed by atoms with Crippen LogP contribution in [-0.2, 0) is 0 Å². The van der Waals surface area contributed by atoms with Gasteiger partial charge in [0.1, 0.15) is 5.75 Å². The highest BCUT2D eigenvalue weighted by molar-refractivity contribution is 9.10. The van der Waals surface area contributed by atoms with Crippen LogP contribution in [0.5, 0.6) is 5.75 Å². The molecular weight excluding hydrogens is 328 g/mol. The van der Waals surface area contributed by atoms with E-state index in [1.165, 1.54) is 45.1 Å². The highest BCUT2D eigenvalue weighted by Crippen LogP contribution is 2.34. The molecule has 1 saturated carbocycles. The van der Waals surface area contributed by atoms with Gasteiger partial charge in [-0.3, -0.25) is 0 Å². The Hall–Kier alpha value is -0.740. The van der Waals surface area contributed by atoms with E-state index in [0.29, 0.717) is 12.1 Å². The van der Waals surface area contributed by atoms with Crippen LogP contribution in [0.1, 0.15) is 38.5 Å². The summed E-state index contributed by atoms with van der Waals surface area (Å²) in [6.07, 6.45) is 8.01. The van der Waals surface area contributed by atoms with Crippen LogP contribution in [0, 0.1) is 5.92 Å². The van der Waals surface area contributed by atoms with Gasteiger partial charge in [0.15, 0.2) is 0 Å². The van der Waals surface area contributed by atoms with E-state index in [0.717, 1.165) is 21.8 Å². The Morgan fingerprint density at radius 1 is 1.14 bits per heavy atom. The number of nitrogens with one attached hydrogen (secondary N) is 2. The fourth-order valence-corrected chi connectivity index (χ4v) is 4.35. The molecule has 4 heteroatoms. The summed E-state index contributed by atoms with van der Waals surface area (Å²) in [7, 11) is 1.72. The Bertz CT molecular complexity index is 474. The topological polar surface area (TPSA) is 33.3 Å². The summed E-state index contributed by atoms with van der Waals surface area (Å²) < 4.78 is 6.43. The number of hydrogen-bond donors (Lipinski definition) is 2. The smallest absolute Gasteiger partial charge is 0.122 e. The first kappa shape index (κ1) is 15.2. The van der Waals surface area contributed by atoms with E-state index in [-0.39, 0.29) is 0 Å². The lowest BCUT2D eigenvalue weighted by molar-refractivity contribution is 0.262. The third-order valence-corrected chi connectivity index (χ3v) is 5.35. The van der Waals surface area contributed by atoms with E-state index in [4.69, 9.17) is 4.74 Å². The van der Waals surface area contributed by atoms with Crippen molar-refractivity contribution in [2.24, 2.45) is 5.92 Å². The van der Waals surface area contributed by atoms with Crippen molar-refractivity contribution in [1.82, 2.24) is 5.32 Å². The summed E-state index contributed by atoms with van der Waals surface area (Å²) >= 11 is 3.57. The molecule has 116 valence electrons. The molecule has 1 aromatic rings. The second kappa shape index (κ2) is 7.01.